The first-order valence-electron chi connectivity index (χ1n) is 6.88. The molecule has 0 saturated carbocycles. The van der Waals surface area contributed by atoms with Crippen LogP contribution in [0, 0.1) is 29.1 Å². The van der Waals surface area contributed by atoms with Crippen molar-refractivity contribution < 1.29 is 9.53 Å². The standard InChI is InChI=1S/C14H22N2O2/c1-9-10(2)18-11(3)13(9)14(17)16-6-4-12(8-15)5-7-16/h9-13H,4-7H2,1-3H3. The molecule has 2 aliphatic rings. The summed E-state index contributed by atoms with van der Waals surface area (Å²) in [4.78, 5) is 14.4. The molecule has 2 heterocycles. The van der Waals surface area contributed by atoms with Gasteiger partial charge in [-0.05, 0) is 32.6 Å². The van der Waals surface area contributed by atoms with Crippen LogP contribution in [-0.2, 0) is 9.53 Å². The maximum atomic E-state index is 12.5. The van der Waals surface area contributed by atoms with E-state index in [2.05, 4.69) is 13.0 Å². The predicted octanol–water partition coefficient (Wildman–Crippen LogP) is 1.81. The maximum Gasteiger partial charge on any atom is 0.228 e. The van der Waals surface area contributed by atoms with Gasteiger partial charge in [0.2, 0.25) is 5.91 Å². The Balaban J connectivity index is 1.98. The summed E-state index contributed by atoms with van der Waals surface area (Å²) in [6, 6.07) is 2.29. The molecule has 0 aliphatic carbocycles. The SMILES string of the molecule is CC1OC(C)C(C(=O)N2CCC(C#N)CC2)C1C. The van der Waals surface area contributed by atoms with Crippen LogP contribution < -0.4 is 0 Å². The highest BCUT2D eigenvalue weighted by atomic mass is 16.5. The third-order valence-corrected chi connectivity index (χ3v) is 4.52. The number of likely N-dealkylation sites (tertiary alicyclic amines) is 1. The van der Waals surface area contributed by atoms with Crippen LogP contribution in [-0.4, -0.2) is 36.1 Å². The molecule has 0 aromatic rings. The number of hydrogen-bond donors (Lipinski definition) is 0. The number of carbonyl (C=O) groups is 1. The van der Waals surface area contributed by atoms with Crippen molar-refractivity contribution in [1.82, 2.24) is 4.90 Å². The van der Waals surface area contributed by atoms with E-state index >= 15 is 0 Å². The summed E-state index contributed by atoms with van der Waals surface area (Å²) >= 11 is 0. The Bertz CT molecular complexity index is 355. The molecule has 4 atom stereocenters. The van der Waals surface area contributed by atoms with Crippen molar-refractivity contribution >= 4 is 5.91 Å². The summed E-state index contributed by atoms with van der Waals surface area (Å²) in [6.07, 6.45) is 1.80. The van der Waals surface area contributed by atoms with E-state index in [1.54, 1.807) is 0 Å². The van der Waals surface area contributed by atoms with Crippen molar-refractivity contribution in [3.8, 4) is 6.07 Å². The van der Waals surface area contributed by atoms with Crippen LogP contribution in [0.15, 0.2) is 0 Å². The molecule has 1 amide bonds. The van der Waals surface area contributed by atoms with Crippen LogP contribution in [0.25, 0.3) is 0 Å². The van der Waals surface area contributed by atoms with E-state index in [9.17, 15) is 4.79 Å². The Kier molecular flexibility index (Phi) is 3.91. The summed E-state index contributed by atoms with van der Waals surface area (Å²) in [7, 11) is 0. The van der Waals surface area contributed by atoms with Gasteiger partial charge < -0.3 is 9.64 Å². The molecule has 0 radical (unpaired) electrons. The lowest BCUT2D eigenvalue weighted by Crippen LogP contribution is -2.44. The van der Waals surface area contributed by atoms with Crippen LogP contribution in [0.4, 0.5) is 0 Å². The first-order chi connectivity index (χ1) is 8.54. The summed E-state index contributed by atoms with van der Waals surface area (Å²) in [6.45, 7) is 7.57. The molecule has 2 rings (SSSR count). The van der Waals surface area contributed by atoms with Gasteiger partial charge in [-0.2, -0.15) is 5.26 Å². The fraction of sp³-hybridized carbons (Fsp3) is 0.857. The summed E-state index contributed by atoms with van der Waals surface area (Å²) < 4.78 is 5.74. The van der Waals surface area contributed by atoms with Crippen molar-refractivity contribution in [1.29, 1.82) is 5.26 Å². The molecule has 2 saturated heterocycles. The minimum atomic E-state index is -0.0152. The van der Waals surface area contributed by atoms with Crippen LogP contribution in [0.2, 0.25) is 0 Å². The van der Waals surface area contributed by atoms with Gasteiger partial charge in [-0.1, -0.05) is 6.92 Å². The molecule has 4 nitrogen and oxygen atoms in total. The second kappa shape index (κ2) is 5.27. The van der Waals surface area contributed by atoms with E-state index < -0.39 is 0 Å². The zero-order chi connectivity index (χ0) is 13.3. The molecule has 0 aromatic heterocycles. The molecular weight excluding hydrogens is 228 g/mol. The Morgan fingerprint density at radius 3 is 2.28 bits per heavy atom. The molecular formula is C14H22N2O2. The van der Waals surface area contributed by atoms with Gasteiger partial charge >= 0.3 is 0 Å². The predicted molar refractivity (Wildman–Crippen MR) is 67.6 cm³/mol. The molecule has 2 fully saturated rings. The van der Waals surface area contributed by atoms with Gasteiger partial charge in [0.15, 0.2) is 0 Å². The minimum absolute atomic E-state index is 0.0104. The van der Waals surface area contributed by atoms with Gasteiger partial charge in [-0.15, -0.1) is 0 Å². The Hall–Kier alpha value is -1.08. The number of nitrogens with zero attached hydrogens (tertiary/aromatic N) is 2. The van der Waals surface area contributed by atoms with E-state index in [1.165, 1.54) is 0 Å². The van der Waals surface area contributed by atoms with Crippen LogP contribution in [0.5, 0.6) is 0 Å². The summed E-state index contributed by atoms with van der Waals surface area (Å²) in [5.41, 5.74) is 0. The van der Waals surface area contributed by atoms with Crippen molar-refractivity contribution in [3.05, 3.63) is 0 Å². The van der Waals surface area contributed by atoms with E-state index in [1.807, 2.05) is 18.7 Å². The summed E-state index contributed by atoms with van der Waals surface area (Å²) in [5, 5.41) is 8.87. The minimum Gasteiger partial charge on any atom is -0.374 e. The second-order valence-corrected chi connectivity index (χ2v) is 5.66. The fourth-order valence-corrected chi connectivity index (χ4v) is 3.13. The average Bonchev–Trinajstić information content (AvgIpc) is 2.63. The maximum absolute atomic E-state index is 12.5. The average molecular weight is 250 g/mol. The molecule has 0 aromatic carbocycles. The van der Waals surface area contributed by atoms with Gasteiger partial charge in [-0.3, -0.25) is 4.79 Å². The monoisotopic (exact) mass is 250 g/mol. The van der Waals surface area contributed by atoms with Gasteiger partial charge in [0.1, 0.15) is 0 Å². The zero-order valence-electron chi connectivity index (χ0n) is 11.4. The molecule has 0 spiro atoms. The number of hydrogen-bond acceptors (Lipinski definition) is 3. The normalized spacial score (nSPS) is 37.6. The highest BCUT2D eigenvalue weighted by Gasteiger charge is 2.43. The van der Waals surface area contributed by atoms with Crippen molar-refractivity contribution in [2.75, 3.05) is 13.1 Å². The lowest BCUT2D eigenvalue weighted by molar-refractivity contribution is -0.139. The van der Waals surface area contributed by atoms with Crippen LogP contribution in [0.1, 0.15) is 33.6 Å². The van der Waals surface area contributed by atoms with Gasteiger partial charge in [0, 0.05) is 19.0 Å². The van der Waals surface area contributed by atoms with Gasteiger partial charge in [0.25, 0.3) is 0 Å². The Morgan fingerprint density at radius 2 is 1.83 bits per heavy atom. The Morgan fingerprint density at radius 1 is 1.22 bits per heavy atom. The number of ether oxygens (including phenoxy) is 1. The largest absolute Gasteiger partial charge is 0.374 e. The highest BCUT2D eigenvalue weighted by molar-refractivity contribution is 5.80. The molecule has 100 valence electrons. The topological polar surface area (TPSA) is 53.3 Å². The van der Waals surface area contributed by atoms with E-state index in [0.29, 0.717) is 0 Å². The van der Waals surface area contributed by atoms with Gasteiger partial charge in [-0.25, -0.2) is 0 Å². The quantitative estimate of drug-likeness (QED) is 0.713. The number of piperidine rings is 1. The van der Waals surface area contributed by atoms with Crippen molar-refractivity contribution in [2.45, 2.75) is 45.8 Å². The number of rotatable bonds is 1. The second-order valence-electron chi connectivity index (χ2n) is 5.66. The van der Waals surface area contributed by atoms with E-state index in [0.717, 1.165) is 25.9 Å². The third-order valence-electron chi connectivity index (χ3n) is 4.52. The smallest absolute Gasteiger partial charge is 0.228 e. The lowest BCUT2D eigenvalue weighted by atomic mass is 9.87. The molecule has 0 bridgehead atoms. The number of amides is 1. The summed E-state index contributed by atoms with van der Waals surface area (Å²) in [5.74, 6) is 0.609. The van der Waals surface area contributed by atoms with Crippen LogP contribution >= 0.6 is 0 Å². The molecule has 4 heteroatoms. The molecule has 4 unspecified atom stereocenters. The van der Waals surface area contributed by atoms with E-state index in [4.69, 9.17) is 10.00 Å². The molecule has 2 aliphatic heterocycles. The lowest BCUT2D eigenvalue weighted by Gasteiger charge is -2.32. The number of nitriles is 1. The highest BCUT2D eigenvalue weighted by Crippen LogP contribution is 2.34. The van der Waals surface area contributed by atoms with E-state index in [-0.39, 0.29) is 35.9 Å². The van der Waals surface area contributed by atoms with Crippen molar-refractivity contribution in [2.24, 2.45) is 17.8 Å². The molecule has 18 heavy (non-hydrogen) atoms. The third kappa shape index (κ3) is 2.37. The van der Waals surface area contributed by atoms with Crippen LogP contribution in [0.3, 0.4) is 0 Å². The zero-order valence-corrected chi connectivity index (χ0v) is 11.4. The van der Waals surface area contributed by atoms with Crippen molar-refractivity contribution in [3.63, 3.8) is 0 Å². The van der Waals surface area contributed by atoms with Gasteiger partial charge in [0.05, 0.1) is 24.2 Å². The number of carbonyl (C=O) groups excluding carboxylic acids is 1. The molecule has 0 N–H and O–H groups in total. The first kappa shape index (κ1) is 13.4. The fourth-order valence-electron chi connectivity index (χ4n) is 3.13. The first-order valence-corrected chi connectivity index (χ1v) is 6.88. The Labute approximate surface area is 109 Å².